The van der Waals surface area contributed by atoms with Crippen LogP contribution in [0.4, 0.5) is 4.39 Å². The summed E-state index contributed by atoms with van der Waals surface area (Å²) < 4.78 is 47.5. The van der Waals surface area contributed by atoms with Gasteiger partial charge in [0.15, 0.2) is 0 Å². The maximum Gasteiger partial charge on any atom is 0.210 e. The molecule has 0 saturated heterocycles. The van der Waals surface area contributed by atoms with Crippen molar-refractivity contribution in [3.05, 3.63) is 97.5 Å². The number of benzene rings is 3. The summed E-state index contributed by atoms with van der Waals surface area (Å²) in [7, 11) is -2.83. The number of carbonyl (C=O) groups is 1. The lowest BCUT2D eigenvalue weighted by Gasteiger charge is -2.10. The van der Waals surface area contributed by atoms with Gasteiger partial charge in [-0.1, -0.05) is 31.9 Å². The molecule has 8 heteroatoms. The average Bonchev–Trinajstić information content (AvgIpc) is 2.73. The van der Waals surface area contributed by atoms with Gasteiger partial charge in [-0.15, -0.1) is 0 Å². The molecule has 3 aromatic carbocycles. The minimum absolute atomic E-state index is 0.0445. The smallest absolute Gasteiger partial charge is 0.210 e. The number of ketones is 1. The summed E-state index contributed by atoms with van der Waals surface area (Å²) in [5.74, 6) is -1.16. The number of hydrogen-bond donors (Lipinski definition) is 0. The Hall–Kier alpha value is -2.29. The van der Waals surface area contributed by atoms with E-state index in [0.29, 0.717) is 4.47 Å². The van der Waals surface area contributed by atoms with Gasteiger partial charge >= 0.3 is 0 Å². The largest absolute Gasteiger partial charge is 0.497 e. The average molecular weight is 554 g/mol. The van der Waals surface area contributed by atoms with E-state index in [4.69, 9.17) is 4.74 Å². The van der Waals surface area contributed by atoms with Crippen molar-refractivity contribution in [3.63, 3.8) is 0 Å². The van der Waals surface area contributed by atoms with Gasteiger partial charge in [0.1, 0.15) is 16.5 Å². The van der Waals surface area contributed by atoms with Crippen molar-refractivity contribution < 1.29 is 22.3 Å². The molecule has 0 saturated carbocycles. The van der Waals surface area contributed by atoms with Crippen LogP contribution in [0.15, 0.2) is 85.5 Å². The Morgan fingerprint density at radius 2 is 1.50 bits per heavy atom. The standard InChI is InChI=1S/C22H15Br2FO4S/c1-29-18-9-4-15(20(25)13-18)12-21(22(26)14-2-5-16(23)6-3-14)30(27,28)19-10-7-17(24)8-11-19/h2-13H,1H3/b21-12+. The molecule has 0 N–H and O–H groups in total. The molecule has 0 fully saturated rings. The zero-order valence-electron chi connectivity index (χ0n) is 15.6. The molecule has 0 spiro atoms. The van der Waals surface area contributed by atoms with Gasteiger partial charge in [-0.05, 0) is 66.7 Å². The molecular weight excluding hydrogens is 539 g/mol. The molecule has 0 unspecified atom stereocenters. The number of sulfone groups is 1. The van der Waals surface area contributed by atoms with Crippen LogP contribution in [0.1, 0.15) is 15.9 Å². The van der Waals surface area contributed by atoms with E-state index in [2.05, 4.69) is 31.9 Å². The first-order chi connectivity index (χ1) is 14.2. The molecule has 4 nitrogen and oxygen atoms in total. The van der Waals surface area contributed by atoms with E-state index in [0.717, 1.165) is 16.6 Å². The number of halogens is 3. The number of methoxy groups -OCH3 is 1. The summed E-state index contributed by atoms with van der Waals surface area (Å²) in [4.78, 5) is 12.6. The second-order valence-electron chi connectivity index (χ2n) is 6.19. The van der Waals surface area contributed by atoms with Gasteiger partial charge < -0.3 is 4.74 Å². The fraction of sp³-hybridized carbons (Fsp3) is 0.0455. The number of carbonyl (C=O) groups excluding carboxylic acids is 1. The van der Waals surface area contributed by atoms with Crippen LogP contribution in [0, 0.1) is 5.82 Å². The summed E-state index contributed by atoms with van der Waals surface area (Å²) in [5, 5.41) is 0. The van der Waals surface area contributed by atoms with E-state index >= 15 is 0 Å². The highest BCUT2D eigenvalue weighted by atomic mass is 79.9. The first-order valence-corrected chi connectivity index (χ1v) is 11.7. The summed E-state index contributed by atoms with van der Waals surface area (Å²) >= 11 is 6.54. The number of rotatable bonds is 6. The van der Waals surface area contributed by atoms with Crippen molar-refractivity contribution in [1.29, 1.82) is 0 Å². The molecule has 0 aromatic heterocycles. The molecule has 0 aliphatic rings. The lowest BCUT2D eigenvalue weighted by atomic mass is 10.1. The predicted molar refractivity (Wildman–Crippen MR) is 121 cm³/mol. The van der Waals surface area contributed by atoms with Crippen molar-refractivity contribution in [1.82, 2.24) is 0 Å². The monoisotopic (exact) mass is 552 g/mol. The highest BCUT2D eigenvalue weighted by Gasteiger charge is 2.28. The van der Waals surface area contributed by atoms with Crippen molar-refractivity contribution in [2.45, 2.75) is 4.90 Å². The van der Waals surface area contributed by atoms with Crippen LogP contribution < -0.4 is 4.74 Å². The molecule has 0 bridgehead atoms. The van der Waals surface area contributed by atoms with Crippen molar-refractivity contribution in [2.75, 3.05) is 7.11 Å². The second-order valence-corrected chi connectivity index (χ2v) is 9.94. The van der Waals surface area contributed by atoms with Gasteiger partial charge in [0.2, 0.25) is 15.6 Å². The highest BCUT2D eigenvalue weighted by molar-refractivity contribution is 9.10. The van der Waals surface area contributed by atoms with Gasteiger partial charge in [-0.2, -0.15) is 0 Å². The predicted octanol–water partition coefficient (Wildman–Crippen LogP) is 6.06. The van der Waals surface area contributed by atoms with Crippen LogP contribution in [-0.4, -0.2) is 21.3 Å². The molecule has 0 aliphatic heterocycles. The van der Waals surface area contributed by atoms with Gasteiger partial charge in [-0.25, -0.2) is 12.8 Å². The molecule has 0 heterocycles. The van der Waals surface area contributed by atoms with Gasteiger partial charge in [-0.3, -0.25) is 4.79 Å². The number of hydrogen-bond acceptors (Lipinski definition) is 4. The van der Waals surface area contributed by atoms with E-state index in [1.54, 1.807) is 24.3 Å². The van der Waals surface area contributed by atoms with Crippen molar-refractivity contribution in [3.8, 4) is 5.75 Å². The minimum Gasteiger partial charge on any atom is -0.497 e. The number of ether oxygens (including phenoxy) is 1. The Balaban J connectivity index is 2.19. The molecule has 0 amide bonds. The third kappa shape index (κ3) is 4.88. The highest BCUT2D eigenvalue weighted by Crippen LogP contribution is 2.28. The Labute approximate surface area is 190 Å². The van der Waals surface area contributed by atoms with Crippen LogP contribution in [0.25, 0.3) is 6.08 Å². The van der Waals surface area contributed by atoms with E-state index in [1.807, 2.05) is 0 Å². The third-order valence-corrected chi connectivity index (χ3v) is 7.07. The fourth-order valence-corrected chi connectivity index (χ4v) is 4.56. The van der Waals surface area contributed by atoms with Gasteiger partial charge in [0.05, 0.1) is 12.0 Å². The third-order valence-electron chi connectivity index (χ3n) is 4.24. The van der Waals surface area contributed by atoms with Gasteiger partial charge in [0, 0.05) is 26.1 Å². The molecule has 3 rings (SSSR count). The Morgan fingerprint density at radius 1 is 0.933 bits per heavy atom. The summed E-state index contributed by atoms with van der Waals surface area (Å²) in [6.45, 7) is 0. The first kappa shape index (κ1) is 22.4. The van der Waals surface area contributed by atoms with Crippen LogP contribution >= 0.6 is 31.9 Å². The van der Waals surface area contributed by atoms with E-state index < -0.39 is 26.3 Å². The maximum atomic E-state index is 14.5. The normalized spacial score (nSPS) is 11.9. The van der Waals surface area contributed by atoms with E-state index in [1.165, 1.54) is 43.5 Å². The molecule has 0 radical (unpaired) electrons. The first-order valence-electron chi connectivity index (χ1n) is 8.58. The molecule has 30 heavy (non-hydrogen) atoms. The summed E-state index contributed by atoms with van der Waals surface area (Å²) in [6, 6.07) is 16.1. The Kier molecular flexibility index (Phi) is 6.90. The maximum absolute atomic E-state index is 14.5. The Morgan fingerprint density at radius 3 is 2.03 bits per heavy atom. The van der Waals surface area contributed by atoms with Crippen LogP contribution in [0.5, 0.6) is 5.75 Å². The van der Waals surface area contributed by atoms with Gasteiger partial charge in [0.25, 0.3) is 0 Å². The SMILES string of the molecule is COc1ccc(/C=C(\C(=O)c2ccc(Br)cc2)S(=O)(=O)c2ccc(Br)cc2)c(F)c1. The van der Waals surface area contributed by atoms with E-state index in [9.17, 15) is 17.6 Å². The van der Waals surface area contributed by atoms with Crippen molar-refractivity contribution >= 4 is 53.6 Å². The lowest BCUT2D eigenvalue weighted by molar-refractivity contribution is 0.104. The van der Waals surface area contributed by atoms with Crippen LogP contribution in [0.3, 0.4) is 0 Å². The quantitative estimate of drug-likeness (QED) is 0.275. The molecule has 3 aromatic rings. The summed E-state index contributed by atoms with van der Waals surface area (Å²) in [5.41, 5.74) is 0.121. The number of allylic oxidation sites excluding steroid dienone is 1. The molecule has 154 valence electrons. The van der Waals surface area contributed by atoms with Crippen molar-refractivity contribution in [2.24, 2.45) is 0 Å². The Bertz CT molecular complexity index is 1220. The van der Waals surface area contributed by atoms with Crippen LogP contribution in [0.2, 0.25) is 0 Å². The molecular formula is C22H15Br2FO4S. The molecule has 0 atom stereocenters. The zero-order chi connectivity index (χ0) is 21.9. The summed E-state index contributed by atoms with van der Waals surface area (Å²) in [6.07, 6.45) is 1.05. The zero-order valence-corrected chi connectivity index (χ0v) is 19.6. The lowest BCUT2D eigenvalue weighted by Crippen LogP contribution is -2.14. The number of Topliss-reactive ketones (excluding diaryl/α,β-unsaturated/α-hetero) is 1. The topological polar surface area (TPSA) is 60.4 Å². The van der Waals surface area contributed by atoms with Crippen LogP contribution in [-0.2, 0) is 9.84 Å². The fourth-order valence-electron chi connectivity index (χ4n) is 2.64. The minimum atomic E-state index is -4.22. The van der Waals surface area contributed by atoms with E-state index in [-0.39, 0.29) is 21.8 Å². The molecule has 0 aliphatic carbocycles. The second kappa shape index (κ2) is 9.24.